The van der Waals surface area contributed by atoms with Gasteiger partial charge in [-0.3, -0.25) is 4.79 Å². The highest BCUT2D eigenvalue weighted by molar-refractivity contribution is 5.97. The average molecular weight is 250 g/mol. The fourth-order valence-electron chi connectivity index (χ4n) is 2.32. The van der Waals surface area contributed by atoms with E-state index in [1.165, 1.54) is 6.07 Å². The molecule has 1 saturated heterocycles. The van der Waals surface area contributed by atoms with E-state index in [0.717, 1.165) is 19.4 Å². The van der Waals surface area contributed by atoms with Crippen LogP contribution in [0.15, 0.2) is 18.2 Å². The van der Waals surface area contributed by atoms with Gasteiger partial charge in [-0.2, -0.15) is 0 Å². The smallest absolute Gasteiger partial charge is 0.244 e. The molecule has 1 aromatic carbocycles. The number of hydrogen-bond donors (Lipinski definition) is 1. The lowest BCUT2D eigenvalue weighted by molar-refractivity contribution is -0.121. The quantitative estimate of drug-likeness (QED) is 0.892. The van der Waals surface area contributed by atoms with Crippen molar-refractivity contribution < 1.29 is 9.18 Å². The van der Waals surface area contributed by atoms with Gasteiger partial charge in [-0.25, -0.2) is 4.39 Å². The lowest BCUT2D eigenvalue weighted by atomic mass is 10.0. The lowest BCUT2D eigenvalue weighted by Crippen LogP contribution is -2.50. The molecule has 1 N–H and O–H groups in total. The van der Waals surface area contributed by atoms with Crippen molar-refractivity contribution in [2.24, 2.45) is 0 Å². The molecular formula is C14H19FN2O. The summed E-state index contributed by atoms with van der Waals surface area (Å²) in [6.45, 7) is 5.14. The molecule has 1 aliphatic rings. The number of amides is 1. The molecule has 1 aliphatic heterocycles. The number of nitrogens with one attached hydrogen (secondary N) is 1. The van der Waals surface area contributed by atoms with Gasteiger partial charge in [0.1, 0.15) is 5.82 Å². The molecule has 0 bridgehead atoms. The second-order valence-corrected chi connectivity index (χ2v) is 4.68. The minimum absolute atomic E-state index is 0.0475. The molecule has 18 heavy (non-hydrogen) atoms. The number of likely N-dealkylation sites (N-methyl/N-ethyl adjacent to an activating group) is 1. The number of benzene rings is 1. The van der Waals surface area contributed by atoms with Gasteiger partial charge < -0.3 is 10.2 Å². The third-order valence-electron chi connectivity index (χ3n) is 3.36. The van der Waals surface area contributed by atoms with E-state index in [4.69, 9.17) is 0 Å². The number of halogens is 1. The van der Waals surface area contributed by atoms with Gasteiger partial charge in [-0.1, -0.05) is 13.0 Å². The maximum Gasteiger partial charge on any atom is 0.244 e. The van der Waals surface area contributed by atoms with E-state index in [1.807, 2.05) is 13.0 Å². The van der Waals surface area contributed by atoms with Crippen LogP contribution in [0.25, 0.3) is 0 Å². The number of carbonyl (C=O) groups is 1. The van der Waals surface area contributed by atoms with Crippen molar-refractivity contribution in [2.75, 3.05) is 18.0 Å². The number of hydrogen-bond acceptors (Lipinski definition) is 2. The largest absolute Gasteiger partial charge is 0.311 e. The summed E-state index contributed by atoms with van der Waals surface area (Å²) in [6, 6.07) is 4.84. The Morgan fingerprint density at radius 1 is 1.50 bits per heavy atom. The molecule has 1 aromatic rings. The Balaban J connectivity index is 2.21. The van der Waals surface area contributed by atoms with Gasteiger partial charge in [0.2, 0.25) is 5.91 Å². The van der Waals surface area contributed by atoms with Crippen molar-refractivity contribution in [3.05, 3.63) is 29.6 Å². The number of anilines is 1. The molecule has 98 valence electrons. The van der Waals surface area contributed by atoms with Crippen molar-refractivity contribution in [2.45, 2.75) is 32.7 Å². The van der Waals surface area contributed by atoms with Crippen LogP contribution in [0.3, 0.4) is 0 Å². The molecule has 0 saturated carbocycles. The molecule has 0 aromatic heterocycles. The van der Waals surface area contributed by atoms with E-state index in [-0.39, 0.29) is 17.8 Å². The summed E-state index contributed by atoms with van der Waals surface area (Å²) >= 11 is 0. The van der Waals surface area contributed by atoms with E-state index < -0.39 is 0 Å². The summed E-state index contributed by atoms with van der Waals surface area (Å²) in [7, 11) is 0. The molecule has 0 aliphatic carbocycles. The Labute approximate surface area is 107 Å². The summed E-state index contributed by atoms with van der Waals surface area (Å²) in [5, 5.41) is 3.18. The molecule has 4 heteroatoms. The Hall–Kier alpha value is -1.42. The van der Waals surface area contributed by atoms with Gasteiger partial charge in [-0.15, -0.1) is 0 Å². The van der Waals surface area contributed by atoms with Crippen LogP contribution < -0.4 is 10.2 Å². The van der Waals surface area contributed by atoms with Crippen molar-refractivity contribution in [1.82, 2.24) is 5.32 Å². The third kappa shape index (κ3) is 2.53. The summed E-state index contributed by atoms with van der Waals surface area (Å²) in [5.41, 5.74) is 1.26. The van der Waals surface area contributed by atoms with Crippen LogP contribution in [0.5, 0.6) is 0 Å². The van der Waals surface area contributed by atoms with Gasteiger partial charge in [0.25, 0.3) is 0 Å². The number of nitrogens with zero attached hydrogens (tertiary/aromatic N) is 1. The van der Waals surface area contributed by atoms with E-state index in [9.17, 15) is 9.18 Å². The van der Waals surface area contributed by atoms with Crippen LogP contribution >= 0.6 is 0 Å². The topological polar surface area (TPSA) is 32.3 Å². The first-order chi connectivity index (χ1) is 8.63. The van der Waals surface area contributed by atoms with Crippen molar-refractivity contribution in [1.29, 1.82) is 0 Å². The number of aryl methyl sites for hydroxylation is 1. The van der Waals surface area contributed by atoms with Crippen LogP contribution in [0, 0.1) is 12.7 Å². The molecule has 3 nitrogen and oxygen atoms in total. The number of carbonyl (C=O) groups excluding carboxylic acids is 1. The minimum Gasteiger partial charge on any atom is -0.311 e. The molecule has 2 rings (SSSR count). The maximum absolute atomic E-state index is 13.6. The fraction of sp³-hybridized carbons (Fsp3) is 0.500. The monoisotopic (exact) mass is 250 g/mol. The molecule has 0 spiro atoms. The number of piperidine rings is 1. The Morgan fingerprint density at radius 2 is 2.28 bits per heavy atom. The van der Waals surface area contributed by atoms with Crippen LogP contribution in [0.2, 0.25) is 0 Å². The van der Waals surface area contributed by atoms with E-state index in [2.05, 4.69) is 5.32 Å². The van der Waals surface area contributed by atoms with Crippen LogP contribution in [0.4, 0.5) is 10.1 Å². The van der Waals surface area contributed by atoms with Crippen LogP contribution in [-0.4, -0.2) is 25.0 Å². The SMILES string of the molecule is CCNC1CCCN(c2ccc(C)c(F)c2)C1=O. The molecule has 1 atom stereocenters. The molecule has 1 amide bonds. The molecule has 1 unspecified atom stereocenters. The summed E-state index contributed by atoms with van der Waals surface area (Å²) in [5.74, 6) is -0.211. The van der Waals surface area contributed by atoms with Crippen LogP contribution in [0.1, 0.15) is 25.3 Å². The predicted molar refractivity (Wildman–Crippen MR) is 70.2 cm³/mol. The van der Waals surface area contributed by atoms with E-state index in [1.54, 1.807) is 17.9 Å². The normalized spacial score (nSPS) is 20.3. The Bertz CT molecular complexity index is 445. The van der Waals surface area contributed by atoms with Gasteiger partial charge in [0, 0.05) is 12.2 Å². The summed E-state index contributed by atoms with van der Waals surface area (Å²) in [6.07, 6.45) is 1.80. The maximum atomic E-state index is 13.6. The molecule has 1 fully saturated rings. The highest BCUT2D eigenvalue weighted by Gasteiger charge is 2.29. The molecular weight excluding hydrogens is 231 g/mol. The molecule has 1 heterocycles. The van der Waals surface area contributed by atoms with Crippen molar-refractivity contribution >= 4 is 11.6 Å². The second kappa shape index (κ2) is 5.48. The first kappa shape index (κ1) is 13.0. The van der Waals surface area contributed by atoms with E-state index in [0.29, 0.717) is 17.8 Å². The van der Waals surface area contributed by atoms with E-state index >= 15 is 0 Å². The second-order valence-electron chi connectivity index (χ2n) is 4.68. The fourth-order valence-corrected chi connectivity index (χ4v) is 2.32. The van der Waals surface area contributed by atoms with Gasteiger partial charge in [0.15, 0.2) is 0 Å². The Morgan fingerprint density at radius 3 is 2.94 bits per heavy atom. The first-order valence-corrected chi connectivity index (χ1v) is 6.44. The van der Waals surface area contributed by atoms with Crippen molar-refractivity contribution in [3.63, 3.8) is 0 Å². The average Bonchev–Trinajstić information content (AvgIpc) is 2.36. The highest BCUT2D eigenvalue weighted by Crippen LogP contribution is 2.23. The highest BCUT2D eigenvalue weighted by atomic mass is 19.1. The third-order valence-corrected chi connectivity index (χ3v) is 3.36. The van der Waals surface area contributed by atoms with Gasteiger partial charge in [-0.05, 0) is 44.0 Å². The zero-order chi connectivity index (χ0) is 13.1. The standard InChI is InChI=1S/C14H19FN2O/c1-3-16-13-5-4-8-17(14(13)18)11-7-6-10(2)12(15)9-11/h6-7,9,13,16H,3-5,8H2,1-2H3. The zero-order valence-corrected chi connectivity index (χ0v) is 10.9. The van der Waals surface area contributed by atoms with Gasteiger partial charge in [0.05, 0.1) is 6.04 Å². The summed E-state index contributed by atoms with van der Waals surface area (Å²) in [4.78, 5) is 13.9. The molecule has 0 radical (unpaired) electrons. The Kier molecular flexibility index (Phi) is 3.97. The number of rotatable bonds is 3. The van der Waals surface area contributed by atoms with Gasteiger partial charge >= 0.3 is 0 Å². The first-order valence-electron chi connectivity index (χ1n) is 6.44. The van der Waals surface area contributed by atoms with Crippen LogP contribution in [-0.2, 0) is 4.79 Å². The van der Waals surface area contributed by atoms with Crippen molar-refractivity contribution in [3.8, 4) is 0 Å². The zero-order valence-electron chi connectivity index (χ0n) is 10.9. The lowest BCUT2D eigenvalue weighted by Gasteiger charge is -2.32. The minimum atomic E-state index is -0.258. The predicted octanol–water partition coefficient (Wildman–Crippen LogP) is 2.24. The summed E-state index contributed by atoms with van der Waals surface area (Å²) < 4.78 is 13.6.